The van der Waals surface area contributed by atoms with Gasteiger partial charge >= 0.3 is 0 Å². The van der Waals surface area contributed by atoms with E-state index in [1.807, 2.05) is 12.1 Å². The molecule has 0 fully saturated rings. The van der Waals surface area contributed by atoms with E-state index in [0.717, 1.165) is 25.3 Å². The third kappa shape index (κ3) is 4.73. The van der Waals surface area contributed by atoms with E-state index in [1.54, 1.807) is 0 Å². The molecule has 0 heterocycles. The van der Waals surface area contributed by atoms with Gasteiger partial charge in [-0.3, -0.25) is 0 Å². The SMILES string of the molecule is CC(C)[Si](O)(CCCCc1ccc(F)cc1)C(C)C. The van der Waals surface area contributed by atoms with E-state index >= 15 is 0 Å². The average Bonchev–Trinajstić information content (AvgIpc) is 2.36. The third-order valence-electron chi connectivity index (χ3n) is 4.21. The topological polar surface area (TPSA) is 20.2 Å². The Morgan fingerprint density at radius 2 is 1.53 bits per heavy atom. The molecule has 0 amide bonds. The van der Waals surface area contributed by atoms with Crippen LogP contribution < -0.4 is 0 Å². The van der Waals surface area contributed by atoms with Gasteiger partial charge in [0.2, 0.25) is 0 Å². The number of rotatable bonds is 7. The van der Waals surface area contributed by atoms with Crippen LogP contribution in [-0.2, 0) is 6.42 Å². The van der Waals surface area contributed by atoms with Crippen molar-refractivity contribution in [1.29, 1.82) is 0 Å². The van der Waals surface area contributed by atoms with E-state index in [2.05, 4.69) is 27.7 Å². The van der Waals surface area contributed by atoms with Crippen molar-refractivity contribution in [2.45, 2.75) is 64.1 Å². The van der Waals surface area contributed by atoms with Crippen molar-refractivity contribution in [3.05, 3.63) is 35.6 Å². The lowest BCUT2D eigenvalue weighted by molar-refractivity contribution is 0.484. The molecule has 1 nitrogen and oxygen atoms in total. The highest BCUT2D eigenvalue weighted by Crippen LogP contribution is 2.34. The van der Waals surface area contributed by atoms with Crippen LogP contribution in [0.4, 0.5) is 4.39 Å². The smallest absolute Gasteiger partial charge is 0.193 e. The van der Waals surface area contributed by atoms with Crippen LogP contribution in [0, 0.1) is 5.82 Å². The molecule has 0 unspecified atom stereocenters. The Balaban J connectivity index is 2.39. The van der Waals surface area contributed by atoms with Crippen LogP contribution >= 0.6 is 0 Å². The summed E-state index contributed by atoms with van der Waals surface area (Å²) >= 11 is 0. The molecule has 0 saturated carbocycles. The van der Waals surface area contributed by atoms with Crippen LogP contribution in [0.5, 0.6) is 0 Å². The van der Waals surface area contributed by atoms with Crippen molar-refractivity contribution >= 4 is 8.32 Å². The molecule has 0 radical (unpaired) electrons. The molecule has 0 atom stereocenters. The number of hydrogen-bond acceptors (Lipinski definition) is 1. The number of benzene rings is 1. The minimum absolute atomic E-state index is 0.176. The quantitative estimate of drug-likeness (QED) is 0.556. The fourth-order valence-electron chi connectivity index (χ4n) is 2.63. The second-order valence-electron chi connectivity index (χ2n) is 6.13. The number of unbranched alkanes of at least 4 members (excludes halogenated alkanes) is 1. The fourth-order valence-corrected chi connectivity index (χ4v) is 5.94. The molecule has 3 heteroatoms. The van der Waals surface area contributed by atoms with Gasteiger partial charge in [0.1, 0.15) is 5.82 Å². The summed E-state index contributed by atoms with van der Waals surface area (Å²) in [6.07, 6.45) is 3.11. The van der Waals surface area contributed by atoms with Gasteiger partial charge < -0.3 is 4.80 Å². The zero-order valence-corrected chi connectivity index (χ0v) is 13.6. The van der Waals surface area contributed by atoms with E-state index in [-0.39, 0.29) is 5.82 Å². The van der Waals surface area contributed by atoms with Crippen molar-refractivity contribution in [2.24, 2.45) is 0 Å². The maximum atomic E-state index is 12.8. The molecule has 0 aliphatic carbocycles. The highest BCUT2D eigenvalue weighted by molar-refractivity contribution is 6.75. The molecule has 0 spiro atoms. The number of halogens is 1. The zero-order valence-electron chi connectivity index (χ0n) is 12.6. The Kier molecular flexibility index (Phi) is 6.21. The molecule has 0 saturated heterocycles. The van der Waals surface area contributed by atoms with E-state index < -0.39 is 8.32 Å². The summed E-state index contributed by atoms with van der Waals surface area (Å²) in [6.45, 7) is 8.58. The monoisotopic (exact) mass is 282 g/mol. The molecule has 19 heavy (non-hydrogen) atoms. The van der Waals surface area contributed by atoms with Crippen LogP contribution in [0.25, 0.3) is 0 Å². The largest absolute Gasteiger partial charge is 0.431 e. The highest BCUT2D eigenvalue weighted by Gasteiger charge is 2.37. The summed E-state index contributed by atoms with van der Waals surface area (Å²) in [5, 5.41) is 0. The van der Waals surface area contributed by atoms with Gasteiger partial charge in [0, 0.05) is 0 Å². The fraction of sp³-hybridized carbons (Fsp3) is 0.625. The number of aryl methyl sites for hydroxylation is 1. The van der Waals surface area contributed by atoms with Gasteiger partial charge in [-0.05, 0) is 47.7 Å². The highest BCUT2D eigenvalue weighted by atomic mass is 28.4. The predicted octanol–water partition coefficient (Wildman–Crippen LogP) is 4.91. The van der Waals surface area contributed by atoms with Gasteiger partial charge in [0.15, 0.2) is 8.32 Å². The first kappa shape index (κ1) is 16.4. The summed E-state index contributed by atoms with van der Waals surface area (Å²) in [6, 6.07) is 7.71. The van der Waals surface area contributed by atoms with E-state index in [1.165, 1.54) is 17.7 Å². The van der Waals surface area contributed by atoms with Crippen molar-refractivity contribution in [2.75, 3.05) is 0 Å². The third-order valence-corrected chi connectivity index (χ3v) is 9.36. The maximum Gasteiger partial charge on any atom is 0.193 e. The van der Waals surface area contributed by atoms with Crippen LogP contribution in [0.1, 0.15) is 46.1 Å². The Morgan fingerprint density at radius 3 is 2.00 bits per heavy atom. The standard InChI is InChI=1S/C16H27FOSi/c1-13(2)19(18,14(3)4)12-6-5-7-15-8-10-16(17)11-9-15/h8-11,13-14,18H,5-7,12H2,1-4H3. The lowest BCUT2D eigenvalue weighted by atomic mass is 10.1. The predicted molar refractivity (Wildman–Crippen MR) is 82.3 cm³/mol. The van der Waals surface area contributed by atoms with Crippen molar-refractivity contribution in [3.63, 3.8) is 0 Å². The minimum Gasteiger partial charge on any atom is -0.431 e. The summed E-state index contributed by atoms with van der Waals surface area (Å²) in [7, 11) is -2.11. The molecule has 1 rings (SSSR count). The molecule has 0 aliphatic heterocycles. The molecule has 0 aliphatic rings. The molecule has 1 aromatic carbocycles. The summed E-state index contributed by atoms with van der Waals surface area (Å²) < 4.78 is 12.8. The molecule has 108 valence electrons. The van der Waals surface area contributed by atoms with E-state index in [4.69, 9.17) is 0 Å². The first-order valence-corrected chi connectivity index (χ1v) is 9.64. The van der Waals surface area contributed by atoms with Gasteiger partial charge in [-0.1, -0.05) is 46.2 Å². The first-order chi connectivity index (χ1) is 8.86. The van der Waals surface area contributed by atoms with Crippen LogP contribution in [-0.4, -0.2) is 13.1 Å². The van der Waals surface area contributed by atoms with Gasteiger partial charge in [-0.25, -0.2) is 4.39 Å². The summed E-state index contributed by atoms with van der Waals surface area (Å²) in [5.74, 6) is -0.176. The molecule has 0 bridgehead atoms. The first-order valence-electron chi connectivity index (χ1n) is 7.33. The van der Waals surface area contributed by atoms with Crippen LogP contribution in [0.2, 0.25) is 17.1 Å². The van der Waals surface area contributed by atoms with Crippen molar-refractivity contribution in [3.8, 4) is 0 Å². The van der Waals surface area contributed by atoms with Crippen LogP contribution in [0.15, 0.2) is 24.3 Å². The lowest BCUT2D eigenvalue weighted by Crippen LogP contribution is -2.41. The second kappa shape index (κ2) is 7.20. The Bertz CT molecular complexity index is 365. The second-order valence-corrected chi connectivity index (χ2v) is 10.9. The van der Waals surface area contributed by atoms with Gasteiger partial charge in [-0.15, -0.1) is 0 Å². The molecule has 0 aromatic heterocycles. The molecular weight excluding hydrogens is 255 g/mol. The average molecular weight is 282 g/mol. The summed E-state index contributed by atoms with van der Waals surface area (Å²) in [4.78, 5) is 10.8. The van der Waals surface area contributed by atoms with Crippen LogP contribution in [0.3, 0.4) is 0 Å². The summed E-state index contributed by atoms with van der Waals surface area (Å²) in [5.41, 5.74) is 2.01. The molecule has 1 aromatic rings. The zero-order chi connectivity index (χ0) is 14.5. The van der Waals surface area contributed by atoms with Gasteiger partial charge in [-0.2, -0.15) is 0 Å². The van der Waals surface area contributed by atoms with E-state index in [9.17, 15) is 9.19 Å². The Hall–Kier alpha value is -0.673. The molecule has 1 N–H and O–H groups in total. The number of hydrogen-bond donors (Lipinski definition) is 1. The minimum atomic E-state index is -2.11. The lowest BCUT2D eigenvalue weighted by Gasteiger charge is -2.33. The van der Waals surface area contributed by atoms with Crippen molar-refractivity contribution in [1.82, 2.24) is 0 Å². The molecular formula is C16H27FOSi. The van der Waals surface area contributed by atoms with E-state index in [0.29, 0.717) is 11.1 Å². The van der Waals surface area contributed by atoms with Gasteiger partial charge in [0.25, 0.3) is 0 Å². The Labute approximate surface area is 118 Å². The van der Waals surface area contributed by atoms with Crippen molar-refractivity contribution < 1.29 is 9.19 Å². The van der Waals surface area contributed by atoms with Gasteiger partial charge in [0.05, 0.1) is 0 Å². The normalized spacial score (nSPS) is 12.4. The maximum absolute atomic E-state index is 12.8. The Morgan fingerprint density at radius 1 is 1.00 bits per heavy atom.